The third-order valence-electron chi connectivity index (χ3n) is 6.27. The highest BCUT2D eigenvalue weighted by molar-refractivity contribution is 6.30. The molecule has 172 valence electrons. The van der Waals surface area contributed by atoms with Crippen LogP contribution in [0.5, 0.6) is 5.75 Å². The fourth-order valence-electron chi connectivity index (χ4n) is 4.57. The summed E-state index contributed by atoms with van der Waals surface area (Å²) in [5.74, 6) is -3.07. The van der Waals surface area contributed by atoms with E-state index in [2.05, 4.69) is 0 Å². The van der Waals surface area contributed by atoms with Crippen LogP contribution >= 0.6 is 11.6 Å². The standard InChI is InChI=1S/C30H21ClO4/c31-22-17-15-20(16-18-22)28(33)25(27(32)19-9-3-1-4-10-19)26-29(34)23-13-7-8-14-24(23)35-30(26)21-11-5-2-6-12-21/h1-18,25-26,30H. The lowest BCUT2D eigenvalue weighted by molar-refractivity contribution is 0.0428. The second kappa shape index (κ2) is 9.69. The van der Waals surface area contributed by atoms with Crippen molar-refractivity contribution in [3.8, 4) is 5.75 Å². The largest absolute Gasteiger partial charge is 0.484 e. The van der Waals surface area contributed by atoms with E-state index in [0.29, 0.717) is 27.5 Å². The normalized spacial score (nSPS) is 17.7. The maximum atomic E-state index is 14.0. The summed E-state index contributed by atoms with van der Waals surface area (Å²) < 4.78 is 6.33. The Morgan fingerprint density at radius 1 is 0.686 bits per heavy atom. The van der Waals surface area contributed by atoms with Crippen molar-refractivity contribution < 1.29 is 19.1 Å². The first-order chi connectivity index (χ1) is 17.0. The van der Waals surface area contributed by atoms with Gasteiger partial charge in [-0.15, -0.1) is 0 Å². The number of fused-ring (bicyclic) bond motifs is 1. The van der Waals surface area contributed by atoms with Gasteiger partial charge in [0.25, 0.3) is 0 Å². The zero-order valence-corrected chi connectivity index (χ0v) is 19.4. The molecule has 5 rings (SSSR count). The number of halogens is 1. The van der Waals surface area contributed by atoms with Crippen LogP contribution in [0.3, 0.4) is 0 Å². The number of hydrogen-bond acceptors (Lipinski definition) is 4. The predicted molar refractivity (Wildman–Crippen MR) is 134 cm³/mol. The van der Waals surface area contributed by atoms with Crippen molar-refractivity contribution in [3.63, 3.8) is 0 Å². The lowest BCUT2D eigenvalue weighted by Crippen LogP contribution is -2.43. The van der Waals surface area contributed by atoms with Gasteiger partial charge >= 0.3 is 0 Å². The molecule has 0 fully saturated rings. The smallest absolute Gasteiger partial charge is 0.174 e. The molecule has 0 spiro atoms. The molecule has 3 atom stereocenters. The number of hydrogen-bond donors (Lipinski definition) is 0. The molecule has 4 nitrogen and oxygen atoms in total. The number of Topliss-reactive ketones (excluding diaryl/α,β-unsaturated/α-hetero) is 3. The Morgan fingerprint density at radius 3 is 1.89 bits per heavy atom. The third-order valence-corrected chi connectivity index (χ3v) is 6.53. The molecule has 0 bridgehead atoms. The average molecular weight is 481 g/mol. The molecule has 0 N–H and O–H groups in total. The highest BCUT2D eigenvalue weighted by Crippen LogP contribution is 2.43. The first kappa shape index (κ1) is 22.8. The summed E-state index contributed by atoms with van der Waals surface area (Å²) in [6.45, 7) is 0. The van der Waals surface area contributed by atoms with Gasteiger partial charge in [-0.3, -0.25) is 14.4 Å². The Hall–Kier alpha value is -4.02. The van der Waals surface area contributed by atoms with E-state index in [0.717, 1.165) is 5.56 Å². The Balaban J connectivity index is 1.69. The molecule has 1 aliphatic rings. The number of ketones is 3. The van der Waals surface area contributed by atoms with Crippen LogP contribution in [-0.2, 0) is 0 Å². The summed E-state index contributed by atoms with van der Waals surface area (Å²) in [7, 11) is 0. The van der Waals surface area contributed by atoms with Crippen LogP contribution in [0.4, 0.5) is 0 Å². The maximum absolute atomic E-state index is 14.0. The highest BCUT2D eigenvalue weighted by Gasteiger charge is 2.48. The van der Waals surface area contributed by atoms with E-state index in [1.807, 2.05) is 30.3 Å². The van der Waals surface area contributed by atoms with E-state index in [1.54, 1.807) is 78.9 Å². The van der Waals surface area contributed by atoms with Crippen molar-refractivity contribution in [2.75, 3.05) is 0 Å². The molecule has 4 aromatic rings. The van der Waals surface area contributed by atoms with Gasteiger partial charge in [0.1, 0.15) is 11.9 Å². The van der Waals surface area contributed by atoms with Crippen molar-refractivity contribution in [3.05, 3.63) is 136 Å². The molecular formula is C30H21ClO4. The number of carbonyl (C=O) groups excluding carboxylic acids is 3. The molecule has 1 aliphatic heterocycles. The van der Waals surface area contributed by atoms with E-state index in [4.69, 9.17) is 16.3 Å². The van der Waals surface area contributed by atoms with Gasteiger partial charge < -0.3 is 4.74 Å². The summed E-state index contributed by atoms with van der Waals surface area (Å²) >= 11 is 6.03. The van der Waals surface area contributed by atoms with E-state index in [1.165, 1.54) is 0 Å². The van der Waals surface area contributed by atoms with Gasteiger partial charge in [-0.25, -0.2) is 0 Å². The topological polar surface area (TPSA) is 60.4 Å². The van der Waals surface area contributed by atoms with Crippen molar-refractivity contribution in [2.45, 2.75) is 6.10 Å². The summed E-state index contributed by atoms with van der Waals surface area (Å²) in [4.78, 5) is 41.8. The monoisotopic (exact) mass is 480 g/mol. The minimum Gasteiger partial charge on any atom is -0.484 e. The lowest BCUT2D eigenvalue weighted by Gasteiger charge is -2.36. The van der Waals surface area contributed by atoms with E-state index >= 15 is 0 Å². The van der Waals surface area contributed by atoms with E-state index in [9.17, 15) is 14.4 Å². The molecule has 1 heterocycles. The molecule has 0 saturated heterocycles. The van der Waals surface area contributed by atoms with Gasteiger partial charge in [-0.05, 0) is 42.0 Å². The zero-order chi connectivity index (χ0) is 24.4. The quantitative estimate of drug-likeness (QED) is 0.229. The molecule has 0 radical (unpaired) electrons. The Labute approximate surface area is 208 Å². The number of rotatable bonds is 6. The third kappa shape index (κ3) is 4.41. The molecule has 35 heavy (non-hydrogen) atoms. The van der Waals surface area contributed by atoms with Crippen molar-refractivity contribution in [1.82, 2.24) is 0 Å². The summed E-state index contributed by atoms with van der Waals surface area (Å²) in [5.41, 5.74) is 1.75. The van der Waals surface area contributed by atoms with Crippen LogP contribution < -0.4 is 4.74 Å². The Bertz CT molecular complexity index is 1380. The summed E-state index contributed by atoms with van der Waals surface area (Å²) in [6.07, 6.45) is -0.812. The molecule has 0 saturated carbocycles. The van der Waals surface area contributed by atoms with Crippen LogP contribution in [0.25, 0.3) is 0 Å². The van der Waals surface area contributed by atoms with Crippen molar-refractivity contribution in [2.24, 2.45) is 11.8 Å². The SMILES string of the molecule is O=C(c1ccccc1)C(C(=O)c1ccc(Cl)cc1)C1C(=O)c2ccccc2OC1c1ccccc1. The highest BCUT2D eigenvalue weighted by atomic mass is 35.5. The molecule has 5 heteroatoms. The van der Waals surface area contributed by atoms with Crippen LogP contribution in [0.1, 0.15) is 42.7 Å². The fourth-order valence-corrected chi connectivity index (χ4v) is 4.69. The Morgan fingerprint density at radius 2 is 1.23 bits per heavy atom. The van der Waals surface area contributed by atoms with Gasteiger partial charge in [0, 0.05) is 16.1 Å². The number of para-hydroxylation sites is 1. The zero-order valence-electron chi connectivity index (χ0n) is 18.6. The van der Waals surface area contributed by atoms with Crippen LogP contribution in [0.2, 0.25) is 5.02 Å². The Kier molecular flexibility index (Phi) is 6.30. The van der Waals surface area contributed by atoms with Crippen molar-refractivity contribution in [1.29, 1.82) is 0 Å². The first-order valence-electron chi connectivity index (χ1n) is 11.3. The fraction of sp³-hybridized carbons (Fsp3) is 0.100. The minimum absolute atomic E-state index is 0.294. The number of ether oxygens (including phenoxy) is 1. The summed E-state index contributed by atoms with van der Waals surface area (Å²) in [5, 5.41) is 0.473. The molecule has 0 aliphatic carbocycles. The van der Waals surface area contributed by atoms with Crippen LogP contribution in [0, 0.1) is 11.8 Å². The molecular weight excluding hydrogens is 460 g/mol. The van der Waals surface area contributed by atoms with Gasteiger partial charge in [0.05, 0.1) is 17.4 Å². The first-order valence-corrected chi connectivity index (χ1v) is 11.7. The molecule has 0 amide bonds. The molecule has 3 unspecified atom stereocenters. The van der Waals surface area contributed by atoms with Gasteiger partial charge in [0.15, 0.2) is 17.3 Å². The predicted octanol–water partition coefficient (Wildman–Crippen LogP) is 6.65. The summed E-state index contributed by atoms with van der Waals surface area (Å²) in [6, 6.07) is 31.1. The van der Waals surface area contributed by atoms with Gasteiger partial charge in [0.2, 0.25) is 0 Å². The van der Waals surface area contributed by atoms with Gasteiger partial charge in [-0.1, -0.05) is 84.4 Å². The van der Waals surface area contributed by atoms with Crippen LogP contribution in [-0.4, -0.2) is 17.3 Å². The maximum Gasteiger partial charge on any atom is 0.174 e. The number of benzene rings is 4. The van der Waals surface area contributed by atoms with Crippen molar-refractivity contribution >= 4 is 29.0 Å². The molecule has 0 aromatic heterocycles. The number of carbonyl (C=O) groups is 3. The second-order valence-electron chi connectivity index (χ2n) is 8.41. The van der Waals surface area contributed by atoms with Gasteiger partial charge in [-0.2, -0.15) is 0 Å². The molecule has 4 aromatic carbocycles. The van der Waals surface area contributed by atoms with E-state index in [-0.39, 0.29) is 5.78 Å². The van der Waals surface area contributed by atoms with E-state index < -0.39 is 29.5 Å². The minimum atomic E-state index is -1.29. The lowest BCUT2D eigenvalue weighted by atomic mass is 9.71. The average Bonchev–Trinajstić information content (AvgIpc) is 2.91. The second-order valence-corrected chi connectivity index (χ2v) is 8.85. The van der Waals surface area contributed by atoms with Crippen LogP contribution in [0.15, 0.2) is 109 Å².